The van der Waals surface area contributed by atoms with Crippen LogP contribution in [0.2, 0.25) is 0 Å². The molecule has 2 rings (SSSR count). The summed E-state index contributed by atoms with van der Waals surface area (Å²) in [5.41, 5.74) is 4.29. The number of aromatic amines is 1. The monoisotopic (exact) mass is 307 g/mol. The van der Waals surface area contributed by atoms with Crippen molar-refractivity contribution < 1.29 is 10.2 Å². The van der Waals surface area contributed by atoms with Crippen molar-refractivity contribution in [1.82, 2.24) is 19.1 Å². The van der Waals surface area contributed by atoms with E-state index in [2.05, 4.69) is 21.8 Å². The molecule has 0 fully saturated rings. The summed E-state index contributed by atoms with van der Waals surface area (Å²) in [6.45, 7) is 1.53. The molecule has 2 atom stereocenters. The first-order chi connectivity index (χ1) is 10.4. The van der Waals surface area contributed by atoms with Crippen LogP contribution in [0.3, 0.4) is 0 Å². The fraction of sp³-hybridized carbons (Fsp3) is 0.462. The number of aromatic nitrogens is 4. The van der Waals surface area contributed by atoms with Gasteiger partial charge in [0.05, 0.1) is 12.6 Å². The Bertz CT molecular complexity index is 867. The summed E-state index contributed by atoms with van der Waals surface area (Å²) in [4.78, 5) is 30.0. The van der Waals surface area contributed by atoms with Crippen LogP contribution in [0, 0.1) is 11.8 Å². The molecule has 0 aliphatic heterocycles. The molecule has 0 bridgehead atoms. The summed E-state index contributed by atoms with van der Waals surface area (Å²) in [7, 11) is 1.44. The molecule has 0 radical (unpaired) electrons. The van der Waals surface area contributed by atoms with Gasteiger partial charge < -0.3 is 20.5 Å². The maximum Gasteiger partial charge on any atom is 0.329 e. The molecule has 2 aromatic heterocycles. The summed E-state index contributed by atoms with van der Waals surface area (Å²) in [6, 6.07) is 0. The Kier molecular flexibility index (Phi) is 4.46. The van der Waals surface area contributed by atoms with Crippen molar-refractivity contribution in [3.63, 3.8) is 0 Å². The zero-order valence-electron chi connectivity index (χ0n) is 12.2. The van der Waals surface area contributed by atoms with Crippen molar-refractivity contribution in [3.8, 4) is 11.8 Å². The Morgan fingerprint density at radius 1 is 1.41 bits per heavy atom. The van der Waals surface area contributed by atoms with Gasteiger partial charge in [-0.2, -0.15) is 0 Å². The smallest absolute Gasteiger partial charge is 0.329 e. The van der Waals surface area contributed by atoms with Crippen LogP contribution < -0.4 is 17.0 Å². The zero-order valence-corrected chi connectivity index (χ0v) is 12.2. The lowest BCUT2D eigenvalue weighted by molar-refractivity contribution is 0.0173. The number of hydrogen-bond acceptors (Lipinski definition) is 6. The predicted octanol–water partition coefficient (Wildman–Crippen LogP) is -2.20. The summed E-state index contributed by atoms with van der Waals surface area (Å²) >= 11 is 0. The Labute approximate surface area is 125 Å². The van der Waals surface area contributed by atoms with Crippen molar-refractivity contribution >= 4 is 11.2 Å². The van der Waals surface area contributed by atoms with Crippen LogP contribution >= 0.6 is 0 Å². The molecule has 0 aliphatic carbocycles. The van der Waals surface area contributed by atoms with Gasteiger partial charge in [-0.1, -0.05) is 5.92 Å². The number of hydrogen-bond donors (Lipinski definition) is 4. The van der Waals surface area contributed by atoms with Crippen LogP contribution in [0.4, 0.5) is 0 Å². The van der Waals surface area contributed by atoms with Gasteiger partial charge in [-0.15, -0.1) is 5.92 Å². The van der Waals surface area contributed by atoms with E-state index in [0.717, 1.165) is 4.57 Å². The van der Waals surface area contributed by atoms with Gasteiger partial charge in [0.2, 0.25) is 0 Å². The second-order valence-electron chi connectivity index (χ2n) is 4.72. The van der Waals surface area contributed by atoms with Crippen molar-refractivity contribution in [2.75, 3.05) is 6.54 Å². The van der Waals surface area contributed by atoms with E-state index in [4.69, 9.17) is 5.73 Å². The molecule has 9 heteroatoms. The zero-order chi connectivity index (χ0) is 16.4. The number of aliphatic hydroxyl groups excluding tert-OH is 2. The molecule has 0 aromatic carbocycles. The van der Waals surface area contributed by atoms with Crippen LogP contribution in [0.5, 0.6) is 0 Å². The quantitative estimate of drug-likeness (QED) is 0.473. The van der Waals surface area contributed by atoms with Crippen molar-refractivity contribution in [3.05, 3.63) is 26.7 Å². The highest BCUT2D eigenvalue weighted by Gasteiger charge is 2.26. The molecule has 0 aliphatic rings. The molecule has 2 aromatic rings. The SMILES string of the molecule is CC#CCn1c(C(O)C(O)CN)nc2c1c(=O)[nH]c(=O)n2C. The summed E-state index contributed by atoms with van der Waals surface area (Å²) in [6.07, 6.45) is -2.65. The van der Waals surface area contributed by atoms with E-state index in [1.165, 1.54) is 11.6 Å². The number of nitrogens with zero attached hydrogens (tertiary/aromatic N) is 3. The van der Waals surface area contributed by atoms with Gasteiger partial charge in [0.1, 0.15) is 11.9 Å². The predicted molar refractivity (Wildman–Crippen MR) is 79.1 cm³/mol. The first-order valence-electron chi connectivity index (χ1n) is 6.57. The fourth-order valence-corrected chi connectivity index (χ4v) is 2.10. The summed E-state index contributed by atoms with van der Waals surface area (Å²) in [5, 5.41) is 19.9. The van der Waals surface area contributed by atoms with Crippen LogP contribution in [-0.2, 0) is 13.6 Å². The number of aryl methyl sites for hydroxylation is 1. The van der Waals surface area contributed by atoms with E-state index in [9.17, 15) is 19.8 Å². The van der Waals surface area contributed by atoms with Crippen LogP contribution in [0.25, 0.3) is 11.2 Å². The Balaban J connectivity index is 2.82. The molecule has 2 unspecified atom stereocenters. The van der Waals surface area contributed by atoms with Gasteiger partial charge in [0.15, 0.2) is 11.2 Å². The average Bonchev–Trinajstić information content (AvgIpc) is 2.89. The average molecular weight is 307 g/mol. The summed E-state index contributed by atoms with van der Waals surface area (Å²) in [5.74, 6) is 5.47. The van der Waals surface area contributed by atoms with Crippen LogP contribution in [-0.4, -0.2) is 42.0 Å². The van der Waals surface area contributed by atoms with E-state index >= 15 is 0 Å². The minimum atomic E-state index is -1.40. The number of nitrogens with one attached hydrogen (secondary N) is 1. The molecule has 9 nitrogen and oxygen atoms in total. The van der Waals surface area contributed by atoms with E-state index < -0.39 is 23.5 Å². The first kappa shape index (κ1) is 16.0. The lowest BCUT2D eigenvalue weighted by Gasteiger charge is -2.16. The van der Waals surface area contributed by atoms with Gasteiger partial charge in [-0.25, -0.2) is 9.78 Å². The maximum absolute atomic E-state index is 12.1. The summed E-state index contributed by atoms with van der Waals surface area (Å²) < 4.78 is 2.52. The van der Waals surface area contributed by atoms with Gasteiger partial charge >= 0.3 is 5.69 Å². The second-order valence-corrected chi connectivity index (χ2v) is 4.72. The Morgan fingerprint density at radius 2 is 2.09 bits per heavy atom. The van der Waals surface area contributed by atoms with Gasteiger partial charge in [0, 0.05) is 13.6 Å². The number of H-pyrrole nitrogens is 1. The molecular formula is C13H17N5O4. The largest absolute Gasteiger partial charge is 0.389 e. The normalized spacial score (nSPS) is 13.7. The number of fused-ring (bicyclic) bond motifs is 1. The highest BCUT2D eigenvalue weighted by molar-refractivity contribution is 5.71. The number of imidazole rings is 1. The van der Waals surface area contributed by atoms with Crippen LogP contribution in [0.1, 0.15) is 18.9 Å². The second kappa shape index (κ2) is 6.15. The molecule has 0 spiro atoms. The third-order valence-electron chi connectivity index (χ3n) is 3.32. The Morgan fingerprint density at radius 3 is 2.68 bits per heavy atom. The lowest BCUT2D eigenvalue weighted by Crippen LogP contribution is -2.30. The molecule has 0 saturated carbocycles. The van der Waals surface area contributed by atoms with Crippen molar-refractivity contribution in [1.29, 1.82) is 0 Å². The van der Waals surface area contributed by atoms with E-state index in [-0.39, 0.29) is 30.1 Å². The van der Waals surface area contributed by atoms with E-state index in [1.54, 1.807) is 6.92 Å². The third kappa shape index (κ3) is 2.55. The van der Waals surface area contributed by atoms with Crippen molar-refractivity contribution in [2.45, 2.75) is 25.7 Å². The lowest BCUT2D eigenvalue weighted by atomic mass is 10.2. The van der Waals surface area contributed by atoms with Gasteiger partial charge in [-0.05, 0) is 6.92 Å². The molecule has 0 amide bonds. The van der Waals surface area contributed by atoms with Gasteiger partial charge in [0.25, 0.3) is 5.56 Å². The molecule has 0 saturated heterocycles. The molecule has 118 valence electrons. The van der Waals surface area contributed by atoms with E-state index in [1.807, 2.05) is 0 Å². The highest BCUT2D eigenvalue weighted by Crippen LogP contribution is 2.19. The van der Waals surface area contributed by atoms with Crippen LogP contribution in [0.15, 0.2) is 9.59 Å². The first-order valence-corrected chi connectivity index (χ1v) is 6.57. The minimum Gasteiger partial charge on any atom is -0.389 e. The molecule has 5 N–H and O–H groups in total. The maximum atomic E-state index is 12.1. The standard InChI is InChI=1S/C13H17N5O4/c1-3-4-5-18-8-10(17(2)13(22)16-12(8)21)15-11(18)9(20)7(19)6-14/h7,9,19-20H,5-6,14H2,1-2H3,(H,16,21,22). The topological polar surface area (TPSA) is 139 Å². The van der Waals surface area contributed by atoms with Crippen molar-refractivity contribution in [2.24, 2.45) is 12.8 Å². The molecular weight excluding hydrogens is 290 g/mol. The third-order valence-corrected chi connectivity index (χ3v) is 3.32. The highest BCUT2D eigenvalue weighted by atomic mass is 16.3. The Hall–Kier alpha value is -2.41. The molecule has 22 heavy (non-hydrogen) atoms. The minimum absolute atomic E-state index is 0.0300. The van der Waals surface area contributed by atoms with E-state index in [0.29, 0.717) is 0 Å². The number of aliphatic hydroxyl groups is 2. The number of nitrogens with two attached hydrogens (primary N) is 1. The fourth-order valence-electron chi connectivity index (χ4n) is 2.10. The number of rotatable bonds is 4. The van der Waals surface area contributed by atoms with Gasteiger partial charge in [-0.3, -0.25) is 14.3 Å². The molecule has 2 heterocycles.